The molecule has 2 heterocycles. The molecule has 0 spiro atoms. The summed E-state index contributed by atoms with van der Waals surface area (Å²) in [6.07, 6.45) is 1.69. The average molecular weight is 176 g/mol. The summed E-state index contributed by atoms with van der Waals surface area (Å²) in [6.45, 7) is 1.97. The van der Waals surface area contributed by atoms with Crippen molar-refractivity contribution < 1.29 is 4.52 Å². The van der Waals surface area contributed by atoms with Gasteiger partial charge < -0.3 is 10.3 Å². The quantitative estimate of drug-likeness (QED) is 0.701. The summed E-state index contributed by atoms with van der Waals surface area (Å²) in [6, 6.07) is 3.82. The molecule has 0 amide bonds. The van der Waals surface area contributed by atoms with E-state index < -0.39 is 0 Å². The van der Waals surface area contributed by atoms with Crippen molar-refractivity contribution in [3.63, 3.8) is 0 Å². The third-order valence-corrected chi connectivity index (χ3v) is 1.59. The van der Waals surface area contributed by atoms with E-state index in [9.17, 15) is 0 Å². The van der Waals surface area contributed by atoms with Gasteiger partial charge in [-0.1, -0.05) is 5.16 Å². The Bertz CT molecular complexity index is 424. The molecule has 0 radical (unpaired) electrons. The minimum atomic E-state index is 0.0540. The summed E-state index contributed by atoms with van der Waals surface area (Å²) in [5.41, 5.74) is 7.04. The van der Waals surface area contributed by atoms with Crippen molar-refractivity contribution in [3.8, 4) is 11.5 Å². The van der Waals surface area contributed by atoms with Crippen LogP contribution >= 0.6 is 0 Å². The topological polar surface area (TPSA) is 77.8 Å². The molecule has 66 valence electrons. The minimum Gasteiger partial charge on any atom is -0.351 e. The van der Waals surface area contributed by atoms with E-state index in [-0.39, 0.29) is 6.01 Å². The molecule has 0 aliphatic heterocycles. The third-order valence-electron chi connectivity index (χ3n) is 1.59. The number of anilines is 1. The predicted molar refractivity (Wildman–Crippen MR) is 46.7 cm³/mol. The summed E-state index contributed by atoms with van der Waals surface area (Å²) in [7, 11) is 0. The van der Waals surface area contributed by atoms with Crippen molar-refractivity contribution >= 4 is 6.01 Å². The molecule has 0 bridgehead atoms. The van der Waals surface area contributed by atoms with Gasteiger partial charge in [-0.3, -0.25) is 4.98 Å². The normalized spacial score (nSPS) is 10.2. The fraction of sp³-hybridized carbons (Fsp3) is 0.125. The lowest BCUT2D eigenvalue weighted by atomic mass is 10.2. The van der Waals surface area contributed by atoms with Crippen LogP contribution in [-0.2, 0) is 0 Å². The molecule has 0 saturated carbocycles. The molecule has 2 N–H and O–H groups in total. The second kappa shape index (κ2) is 2.85. The predicted octanol–water partition coefficient (Wildman–Crippen LogP) is 1.02. The van der Waals surface area contributed by atoms with Crippen LogP contribution in [-0.4, -0.2) is 15.1 Å². The molecule has 0 fully saturated rings. The lowest BCUT2D eigenvalue weighted by Crippen LogP contribution is -1.87. The van der Waals surface area contributed by atoms with E-state index in [0.29, 0.717) is 11.5 Å². The number of rotatable bonds is 1. The maximum absolute atomic E-state index is 5.29. The van der Waals surface area contributed by atoms with Gasteiger partial charge in [-0.25, -0.2) is 0 Å². The van der Waals surface area contributed by atoms with E-state index in [2.05, 4.69) is 19.6 Å². The molecule has 0 aliphatic rings. The van der Waals surface area contributed by atoms with Gasteiger partial charge in [-0.2, -0.15) is 4.98 Å². The number of hydrogen-bond donors (Lipinski definition) is 1. The Kier molecular flexibility index (Phi) is 1.70. The number of nitrogen functional groups attached to an aromatic ring is 1. The highest BCUT2D eigenvalue weighted by Crippen LogP contribution is 2.14. The molecule has 2 rings (SSSR count). The van der Waals surface area contributed by atoms with Gasteiger partial charge >= 0.3 is 6.01 Å². The summed E-state index contributed by atoms with van der Waals surface area (Å²) < 4.78 is 4.64. The monoisotopic (exact) mass is 176 g/mol. The minimum absolute atomic E-state index is 0.0540. The maximum atomic E-state index is 5.29. The molecule has 5 heteroatoms. The van der Waals surface area contributed by atoms with Gasteiger partial charge in [0, 0.05) is 6.20 Å². The van der Waals surface area contributed by atoms with Crippen molar-refractivity contribution in [2.45, 2.75) is 6.92 Å². The summed E-state index contributed by atoms with van der Waals surface area (Å²) in [5, 5.41) is 3.65. The van der Waals surface area contributed by atoms with Crippen LogP contribution in [0.4, 0.5) is 6.01 Å². The zero-order valence-electron chi connectivity index (χ0n) is 7.06. The first-order valence-corrected chi connectivity index (χ1v) is 3.78. The zero-order valence-corrected chi connectivity index (χ0v) is 7.06. The zero-order chi connectivity index (χ0) is 9.26. The smallest absolute Gasteiger partial charge is 0.319 e. The van der Waals surface area contributed by atoms with Gasteiger partial charge in [0.05, 0.1) is 0 Å². The van der Waals surface area contributed by atoms with Gasteiger partial charge in [0.15, 0.2) is 0 Å². The largest absolute Gasteiger partial charge is 0.351 e. The van der Waals surface area contributed by atoms with Crippen LogP contribution in [0.25, 0.3) is 11.5 Å². The Morgan fingerprint density at radius 3 is 2.92 bits per heavy atom. The van der Waals surface area contributed by atoms with Crippen LogP contribution in [0.3, 0.4) is 0 Å². The number of aryl methyl sites for hydroxylation is 1. The second-order valence-corrected chi connectivity index (χ2v) is 2.67. The highest BCUT2D eigenvalue weighted by Gasteiger charge is 2.06. The molecule has 2 aromatic heterocycles. The van der Waals surface area contributed by atoms with Crippen molar-refractivity contribution in [1.29, 1.82) is 0 Å². The lowest BCUT2D eigenvalue weighted by Gasteiger charge is -1.93. The molecule has 13 heavy (non-hydrogen) atoms. The molecular weight excluding hydrogens is 168 g/mol. The molecule has 5 nitrogen and oxygen atoms in total. The first-order valence-electron chi connectivity index (χ1n) is 3.78. The summed E-state index contributed by atoms with van der Waals surface area (Å²) in [5.74, 6) is 0.418. The van der Waals surface area contributed by atoms with Crippen LogP contribution in [0.2, 0.25) is 0 Å². The van der Waals surface area contributed by atoms with Crippen LogP contribution in [0.1, 0.15) is 5.56 Å². The van der Waals surface area contributed by atoms with Crippen molar-refractivity contribution in [2.75, 3.05) is 5.73 Å². The summed E-state index contributed by atoms with van der Waals surface area (Å²) in [4.78, 5) is 7.94. The Balaban J connectivity index is 2.46. The molecule has 0 saturated heterocycles. The van der Waals surface area contributed by atoms with E-state index in [1.807, 2.05) is 19.1 Å². The lowest BCUT2D eigenvalue weighted by molar-refractivity contribution is 0.436. The molecule has 0 atom stereocenters. The SMILES string of the molecule is Cc1ccnc(-c2noc(N)n2)c1. The number of pyridine rings is 1. The van der Waals surface area contributed by atoms with Crippen LogP contribution < -0.4 is 5.73 Å². The Hall–Kier alpha value is -1.91. The molecule has 0 unspecified atom stereocenters. The van der Waals surface area contributed by atoms with Gasteiger partial charge in [0.2, 0.25) is 5.82 Å². The molecule has 0 aliphatic carbocycles. The highest BCUT2D eigenvalue weighted by atomic mass is 16.5. The number of hydrogen-bond acceptors (Lipinski definition) is 5. The van der Waals surface area contributed by atoms with E-state index in [1.54, 1.807) is 6.20 Å². The number of nitrogens with two attached hydrogens (primary N) is 1. The molecular formula is C8H8N4O. The Morgan fingerprint density at radius 1 is 1.46 bits per heavy atom. The Labute approximate surface area is 74.6 Å². The van der Waals surface area contributed by atoms with Crippen LogP contribution in [0.15, 0.2) is 22.9 Å². The molecule has 2 aromatic rings. The highest BCUT2D eigenvalue weighted by molar-refractivity contribution is 5.50. The van der Waals surface area contributed by atoms with Gasteiger partial charge in [0.25, 0.3) is 0 Å². The third kappa shape index (κ3) is 1.48. The Morgan fingerprint density at radius 2 is 2.31 bits per heavy atom. The maximum Gasteiger partial charge on any atom is 0.319 e. The average Bonchev–Trinajstić information content (AvgIpc) is 2.52. The van der Waals surface area contributed by atoms with Crippen LogP contribution in [0, 0.1) is 6.92 Å². The van der Waals surface area contributed by atoms with Crippen molar-refractivity contribution in [3.05, 3.63) is 23.9 Å². The van der Waals surface area contributed by atoms with Gasteiger partial charge in [-0.05, 0) is 24.6 Å². The van der Waals surface area contributed by atoms with Gasteiger partial charge in [0.1, 0.15) is 5.69 Å². The number of aromatic nitrogens is 3. The van der Waals surface area contributed by atoms with E-state index in [1.165, 1.54) is 0 Å². The van der Waals surface area contributed by atoms with Crippen molar-refractivity contribution in [2.24, 2.45) is 0 Å². The fourth-order valence-electron chi connectivity index (χ4n) is 0.998. The van der Waals surface area contributed by atoms with E-state index in [0.717, 1.165) is 5.56 Å². The van der Waals surface area contributed by atoms with Crippen LogP contribution in [0.5, 0.6) is 0 Å². The second-order valence-electron chi connectivity index (χ2n) is 2.67. The van der Waals surface area contributed by atoms with E-state index in [4.69, 9.17) is 5.73 Å². The number of nitrogens with zero attached hydrogens (tertiary/aromatic N) is 3. The van der Waals surface area contributed by atoms with E-state index >= 15 is 0 Å². The first kappa shape index (κ1) is 7.72. The van der Waals surface area contributed by atoms with Gasteiger partial charge in [-0.15, -0.1) is 0 Å². The fourth-order valence-corrected chi connectivity index (χ4v) is 0.998. The standard InChI is InChI=1S/C8H8N4O/c1-5-2-3-10-6(4-5)7-11-8(9)13-12-7/h2-4H,1H3,(H2,9,11,12). The summed E-state index contributed by atoms with van der Waals surface area (Å²) >= 11 is 0. The first-order chi connectivity index (χ1) is 6.25. The van der Waals surface area contributed by atoms with Crippen molar-refractivity contribution in [1.82, 2.24) is 15.1 Å². The molecule has 0 aromatic carbocycles.